The van der Waals surface area contributed by atoms with Gasteiger partial charge in [-0.2, -0.15) is 5.10 Å². The minimum absolute atomic E-state index is 0.0828. The minimum atomic E-state index is -0.605. The number of nitrogens with zero attached hydrogens (tertiary/aromatic N) is 3. The topological polar surface area (TPSA) is 89.4 Å². The molecule has 0 saturated heterocycles. The van der Waals surface area contributed by atoms with Crippen LogP contribution >= 0.6 is 15.9 Å². The molecule has 0 radical (unpaired) electrons. The standard InChI is InChI=1S/C21H25BrFN5O3/c1-24-28(4)18(13-22)16-12-15(6-8-20(16)31-10-9-27(2)3)25-21(30)26-17-7-5-14(23)11-19(17)29/h5-8,11-13,29H,1,9-10H2,2-4H3,(H2,25,26,30)/b18-13+. The summed E-state index contributed by atoms with van der Waals surface area (Å²) in [7, 11) is 5.63. The van der Waals surface area contributed by atoms with Gasteiger partial charge >= 0.3 is 6.03 Å². The molecule has 0 aromatic heterocycles. The lowest BCUT2D eigenvalue weighted by Gasteiger charge is -2.21. The Morgan fingerprint density at radius 2 is 2.00 bits per heavy atom. The Labute approximate surface area is 189 Å². The SMILES string of the molecule is C=NN(C)/C(=C/Br)c1cc(NC(=O)Nc2ccc(F)cc2O)ccc1OCCN(C)C. The highest BCUT2D eigenvalue weighted by atomic mass is 79.9. The maximum absolute atomic E-state index is 13.1. The Morgan fingerprint density at radius 1 is 1.26 bits per heavy atom. The molecule has 0 heterocycles. The van der Waals surface area contributed by atoms with Crippen molar-refractivity contribution in [2.45, 2.75) is 0 Å². The smallest absolute Gasteiger partial charge is 0.323 e. The summed E-state index contributed by atoms with van der Waals surface area (Å²) in [5.74, 6) is -0.374. The molecular weight excluding hydrogens is 469 g/mol. The van der Waals surface area contributed by atoms with Crippen molar-refractivity contribution in [1.29, 1.82) is 0 Å². The van der Waals surface area contributed by atoms with E-state index in [-0.39, 0.29) is 11.4 Å². The van der Waals surface area contributed by atoms with Crippen LogP contribution in [0.3, 0.4) is 0 Å². The van der Waals surface area contributed by atoms with Crippen LogP contribution < -0.4 is 15.4 Å². The number of rotatable bonds is 9. The van der Waals surface area contributed by atoms with Crippen LogP contribution in [-0.4, -0.2) is 62.1 Å². The number of phenols is 1. The molecule has 2 rings (SSSR count). The number of halogens is 2. The van der Waals surface area contributed by atoms with Crippen LogP contribution in [0, 0.1) is 5.82 Å². The number of carbonyl (C=O) groups is 1. The van der Waals surface area contributed by atoms with Gasteiger partial charge in [0.25, 0.3) is 0 Å². The van der Waals surface area contributed by atoms with E-state index in [1.165, 1.54) is 6.07 Å². The van der Waals surface area contributed by atoms with Crippen LogP contribution in [0.4, 0.5) is 20.6 Å². The summed E-state index contributed by atoms with van der Waals surface area (Å²) in [5, 5.41) is 20.4. The zero-order valence-electron chi connectivity index (χ0n) is 17.5. The highest BCUT2D eigenvalue weighted by Gasteiger charge is 2.15. The number of nitrogens with one attached hydrogen (secondary N) is 2. The molecule has 31 heavy (non-hydrogen) atoms. The molecule has 166 valence electrons. The average molecular weight is 494 g/mol. The number of hydrogen-bond donors (Lipinski definition) is 3. The second kappa shape index (κ2) is 11.3. The highest BCUT2D eigenvalue weighted by molar-refractivity contribution is 9.11. The molecule has 0 atom stereocenters. The fourth-order valence-electron chi connectivity index (χ4n) is 2.55. The van der Waals surface area contributed by atoms with Crippen LogP contribution in [0.5, 0.6) is 11.5 Å². The van der Waals surface area contributed by atoms with E-state index in [9.17, 15) is 14.3 Å². The van der Waals surface area contributed by atoms with E-state index in [2.05, 4.69) is 38.4 Å². The average Bonchev–Trinajstić information content (AvgIpc) is 2.71. The van der Waals surface area contributed by atoms with Gasteiger partial charge in [0.15, 0.2) is 0 Å². The lowest BCUT2D eigenvalue weighted by molar-refractivity contribution is 0.260. The first-order valence-electron chi connectivity index (χ1n) is 9.24. The summed E-state index contributed by atoms with van der Waals surface area (Å²) >= 11 is 3.34. The quantitative estimate of drug-likeness (QED) is 0.274. The molecule has 0 spiro atoms. The van der Waals surface area contributed by atoms with Crippen LogP contribution in [0.25, 0.3) is 5.70 Å². The highest BCUT2D eigenvalue weighted by Crippen LogP contribution is 2.32. The molecule has 0 aliphatic rings. The van der Waals surface area contributed by atoms with Gasteiger partial charge in [-0.15, -0.1) is 0 Å². The van der Waals surface area contributed by atoms with Gasteiger partial charge in [0, 0.05) is 42.6 Å². The summed E-state index contributed by atoms with van der Waals surface area (Å²) < 4.78 is 19.0. The van der Waals surface area contributed by atoms with E-state index < -0.39 is 11.8 Å². The third-order valence-corrected chi connectivity index (χ3v) is 4.62. The monoisotopic (exact) mass is 493 g/mol. The van der Waals surface area contributed by atoms with E-state index in [1.54, 1.807) is 35.2 Å². The Bertz CT molecular complexity index is 968. The van der Waals surface area contributed by atoms with Gasteiger partial charge in [-0.25, -0.2) is 9.18 Å². The molecule has 0 fully saturated rings. The van der Waals surface area contributed by atoms with Crippen molar-refractivity contribution in [3.8, 4) is 11.5 Å². The number of carbonyl (C=O) groups excluding carboxylic acids is 1. The summed E-state index contributed by atoms with van der Waals surface area (Å²) in [6.45, 7) is 4.74. The first-order chi connectivity index (χ1) is 14.7. The second-order valence-electron chi connectivity index (χ2n) is 6.76. The van der Waals surface area contributed by atoms with Gasteiger partial charge < -0.3 is 25.4 Å². The number of likely N-dealkylation sites (N-methyl/N-ethyl adjacent to an activating group) is 1. The molecule has 3 N–H and O–H groups in total. The fourth-order valence-corrected chi connectivity index (χ4v) is 3.09. The first-order valence-corrected chi connectivity index (χ1v) is 10.2. The van der Waals surface area contributed by atoms with Gasteiger partial charge in [-0.1, -0.05) is 15.9 Å². The van der Waals surface area contributed by atoms with Crippen molar-refractivity contribution in [3.63, 3.8) is 0 Å². The van der Waals surface area contributed by atoms with Gasteiger partial charge in [-0.05, 0) is 44.4 Å². The van der Waals surface area contributed by atoms with Crippen LogP contribution in [0.1, 0.15) is 5.56 Å². The lowest BCUT2D eigenvalue weighted by atomic mass is 10.1. The zero-order valence-corrected chi connectivity index (χ0v) is 19.1. The number of urea groups is 1. The largest absolute Gasteiger partial charge is 0.506 e. The normalized spacial score (nSPS) is 11.2. The van der Waals surface area contributed by atoms with Crippen LogP contribution in [-0.2, 0) is 0 Å². The number of ether oxygens (including phenoxy) is 1. The molecule has 0 saturated carbocycles. The number of hydrazone groups is 1. The molecule has 0 aliphatic carbocycles. The van der Waals surface area contributed by atoms with Crippen LogP contribution in [0.15, 0.2) is 46.5 Å². The minimum Gasteiger partial charge on any atom is -0.506 e. The Balaban J connectivity index is 2.26. The first kappa shape index (κ1) is 24.2. The Hall–Kier alpha value is -3.11. The summed E-state index contributed by atoms with van der Waals surface area (Å²) in [4.78, 5) is 16.0. The Kier molecular flexibility index (Phi) is 8.83. The maximum atomic E-state index is 13.1. The maximum Gasteiger partial charge on any atom is 0.323 e. The number of amides is 2. The molecule has 2 amide bonds. The number of aromatic hydroxyl groups is 1. The van der Waals surface area contributed by atoms with E-state index in [1.807, 2.05) is 19.0 Å². The third-order valence-electron chi connectivity index (χ3n) is 4.18. The van der Waals surface area contributed by atoms with Gasteiger partial charge in [0.05, 0.1) is 11.4 Å². The van der Waals surface area contributed by atoms with Crippen molar-refractivity contribution in [3.05, 3.63) is 52.8 Å². The number of phenolic OH excluding ortho intramolecular Hbond substituents is 1. The summed E-state index contributed by atoms with van der Waals surface area (Å²) in [6.07, 6.45) is 0. The summed E-state index contributed by atoms with van der Waals surface area (Å²) in [5.41, 5.74) is 1.89. The predicted molar refractivity (Wildman–Crippen MR) is 125 cm³/mol. The fraction of sp³-hybridized carbons (Fsp3) is 0.238. The van der Waals surface area contributed by atoms with Gasteiger partial charge in [0.1, 0.15) is 23.9 Å². The molecule has 2 aromatic carbocycles. The zero-order chi connectivity index (χ0) is 23.0. The molecule has 0 unspecified atom stereocenters. The third kappa shape index (κ3) is 6.97. The van der Waals surface area contributed by atoms with Gasteiger partial charge in [0.2, 0.25) is 0 Å². The lowest BCUT2D eigenvalue weighted by Crippen LogP contribution is -2.21. The Morgan fingerprint density at radius 3 is 2.61 bits per heavy atom. The van der Waals surface area contributed by atoms with E-state index in [0.717, 1.165) is 18.7 Å². The van der Waals surface area contributed by atoms with Crippen molar-refractivity contribution in [1.82, 2.24) is 9.91 Å². The number of hydrogen-bond acceptors (Lipinski definition) is 6. The van der Waals surface area contributed by atoms with Crippen molar-refractivity contribution in [2.24, 2.45) is 5.10 Å². The molecule has 0 aliphatic heterocycles. The van der Waals surface area contributed by atoms with E-state index in [4.69, 9.17) is 4.74 Å². The number of anilines is 2. The molecule has 2 aromatic rings. The molecule has 10 heteroatoms. The number of benzene rings is 2. The molecule has 0 bridgehead atoms. The second-order valence-corrected chi connectivity index (χ2v) is 7.22. The summed E-state index contributed by atoms with van der Waals surface area (Å²) in [6, 6.07) is 7.87. The molecular formula is C21H25BrFN5O3. The molecule has 8 nitrogen and oxygen atoms in total. The predicted octanol–water partition coefficient (Wildman–Crippen LogP) is 4.36. The van der Waals surface area contributed by atoms with Crippen molar-refractivity contribution < 1.29 is 19.0 Å². The van der Waals surface area contributed by atoms with Crippen molar-refractivity contribution in [2.75, 3.05) is 44.9 Å². The van der Waals surface area contributed by atoms with E-state index >= 15 is 0 Å². The van der Waals surface area contributed by atoms with Crippen molar-refractivity contribution >= 4 is 45.8 Å². The van der Waals surface area contributed by atoms with Crippen LogP contribution in [0.2, 0.25) is 0 Å². The van der Waals surface area contributed by atoms with Gasteiger partial charge in [-0.3, -0.25) is 5.01 Å². The van der Waals surface area contributed by atoms with E-state index in [0.29, 0.717) is 29.3 Å².